The van der Waals surface area contributed by atoms with Crippen molar-refractivity contribution in [2.24, 2.45) is 0 Å². The Hall–Kier alpha value is -0.900. The van der Waals surface area contributed by atoms with Crippen molar-refractivity contribution in [1.29, 1.82) is 0 Å². The average Bonchev–Trinajstić information content (AvgIpc) is 2.03. The summed E-state index contributed by atoms with van der Waals surface area (Å²) in [4.78, 5) is 3.77. The van der Waals surface area contributed by atoms with Crippen LogP contribution < -0.4 is 5.32 Å². The Morgan fingerprint density at radius 2 is 2.33 bits per heavy atom. The molecule has 0 aliphatic carbocycles. The van der Waals surface area contributed by atoms with Crippen molar-refractivity contribution in [3.05, 3.63) is 23.4 Å². The van der Waals surface area contributed by atoms with Gasteiger partial charge in [-0.25, -0.2) is 13.8 Å². The summed E-state index contributed by atoms with van der Waals surface area (Å²) in [6.07, 6.45) is -0.914. The molecule has 0 unspecified atom stereocenters. The molecule has 0 bridgehead atoms. The van der Waals surface area contributed by atoms with E-state index < -0.39 is 13.0 Å². The Morgan fingerprint density at radius 3 is 2.92 bits per heavy atom. The van der Waals surface area contributed by atoms with Crippen molar-refractivity contribution in [3.63, 3.8) is 0 Å². The molecular formula is C7H7ClF2N2. The zero-order valence-electron chi connectivity index (χ0n) is 6.10. The van der Waals surface area contributed by atoms with Crippen LogP contribution in [0.4, 0.5) is 14.6 Å². The predicted molar refractivity (Wildman–Crippen MR) is 43.7 cm³/mol. The smallest absolute Gasteiger partial charge is 0.255 e. The molecule has 0 saturated heterocycles. The number of hydrogen-bond acceptors (Lipinski definition) is 2. The van der Waals surface area contributed by atoms with Gasteiger partial charge in [0.25, 0.3) is 6.43 Å². The Kier molecular flexibility index (Phi) is 3.22. The first-order valence-electron chi connectivity index (χ1n) is 3.32. The van der Waals surface area contributed by atoms with Crippen LogP contribution in [0.25, 0.3) is 0 Å². The van der Waals surface area contributed by atoms with E-state index in [1.165, 1.54) is 6.20 Å². The number of alkyl halides is 2. The molecule has 0 atom stereocenters. The summed E-state index contributed by atoms with van der Waals surface area (Å²) in [5, 5.41) is 2.76. The minimum absolute atomic E-state index is 0.291. The number of aromatic nitrogens is 1. The van der Waals surface area contributed by atoms with E-state index in [2.05, 4.69) is 10.3 Å². The van der Waals surface area contributed by atoms with Crippen molar-refractivity contribution in [1.82, 2.24) is 4.98 Å². The molecule has 0 amide bonds. The van der Waals surface area contributed by atoms with Gasteiger partial charge in [0.2, 0.25) is 0 Å². The molecular weight excluding hydrogens is 186 g/mol. The quantitative estimate of drug-likeness (QED) is 0.796. The van der Waals surface area contributed by atoms with Crippen molar-refractivity contribution in [2.45, 2.75) is 6.43 Å². The third kappa shape index (κ3) is 2.62. The first-order chi connectivity index (χ1) is 5.70. The number of nitrogens with zero attached hydrogens (tertiary/aromatic N) is 1. The monoisotopic (exact) mass is 192 g/mol. The van der Waals surface area contributed by atoms with Crippen LogP contribution in [-0.2, 0) is 0 Å². The lowest BCUT2D eigenvalue weighted by atomic mass is 10.4. The molecule has 1 aromatic rings. The van der Waals surface area contributed by atoms with E-state index in [1.807, 2.05) is 0 Å². The summed E-state index contributed by atoms with van der Waals surface area (Å²) >= 11 is 5.64. The van der Waals surface area contributed by atoms with Crippen LogP contribution in [0.5, 0.6) is 0 Å². The van der Waals surface area contributed by atoms with Gasteiger partial charge in [-0.3, -0.25) is 0 Å². The molecule has 0 radical (unpaired) electrons. The highest BCUT2D eigenvalue weighted by atomic mass is 35.5. The molecule has 1 N–H and O–H groups in total. The number of anilines is 1. The van der Waals surface area contributed by atoms with Gasteiger partial charge in [-0.05, 0) is 12.1 Å². The largest absolute Gasteiger partial charge is 0.363 e. The van der Waals surface area contributed by atoms with Gasteiger partial charge >= 0.3 is 0 Å². The van der Waals surface area contributed by atoms with Crippen molar-refractivity contribution in [2.75, 3.05) is 11.9 Å². The number of rotatable bonds is 3. The van der Waals surface area contributed by atoms with Crippen LogP contribution in [-0.4, -0.2) is 18.0 Å². The van der Waals surface area contributed by atoms with Crippen molar-refractivity contribution >= 4 is 17.4 Å². The van der Waals surface area contributed by atoms with E-state index in [0.29, 0.717) is 10.8 Å². The highest BCUT2D eigenvalue weighted by molar-refractivity contribution is 6.32. The minimum Gasteiger partial charge on any atom is -0.363 e. The molecule has 1 aromatic heterocycles. The maximum atomic E-state index is 11.7. The van der Waals surface area contributed by atoms with Crippen molar-refractivity contribution < 1.29 is 8.78 Å². The van der Waals surface area contributed by atoms with E-state index in [1.54, 1.807) is 12.1 Å². The third-order valence-corrected chi connectivity index (χ3v) is 1.49. The second-order valence-electron chi connectivity index (χ2n) is 2.11. The fraction of sp³-hybridized carbons (Fsp3) is 0.286. The average molecular weight is 193 g/mol. The van der Waals surface area contributed by atoms with E-state index in [0.717, 1.165) is 0 Å². The molecule has 66 valence electrons. The Balaban J connectivity index is 2.57. The number of nitrogens with one attached hydrogen (secondary N) is 1. The normalized spacial score (nSPS) is 10.3. The number of halogens is 3. The van der Waals surface area contributed by atoms with E-state index in [9.17, 15) is 8.78 Å². The van der Waals surface area contributed by atoms with Crippen LogP contribution in [0, 0.1) is 0 Å². The van der Waals surface area contributed by atoms with Gasteiger partial charge in [0.05, 0.1) is 11.6 Å². The van der Waals surface area contributed by atoms with E-state index in [-0.39, 0.29) is 0 Å². The molecule has 12 heavy (non-hydrogen) atoms. The highest BCUT2D eigenvalue weighted by Gasteiger charge is 2.04. The highest BCUT2D eigenvalue weighted by Crippen LogP contribution is 2.17. The molecule has 0 aliphatic rings. The molecule has 0 spiro atoms. The van der Waals surface area contributed by atoms with Crippen LogP contribution in [0.2, 0.25) is 5.02 Å². The molecule has 1 heterocycles. The van der Waals surface area contributed by atoms with E-state index >= 15 is 0 Å². The van der Waals surface area contributed by atoms with Crippen LogP contribution in [0.1, 0.15) is 0 Å². The minimum atomic E-state index is -2.40. The van der Waals surface area contributed by atoms with Gasteiger partial charge in [0, 0.05) is 6.20 Å². The second-order valence-corrected chi connectivity index (χ2v) is 2.51. The molecule has 0 aliphatic heterocycles. The summed E-state index contributed by atoms with van der Waals surface area (Å²) in [7, 11) is 0. The molecule has 1 rings (SSSR count). The SMILES string of the molecule is FC(F)CNc1ncccc1Cl. The summed E-state index contributed by atoms with van der Waals surface area (Å²) in [6, 6.07) is 3.22. The lowest BCUT2D eigenvalue weighted by Gasteiger charge is -2.04. The Bertz CT molecular complexity index is 255. The topological polar surface area (TPSA) is 24.9 Å². The fourth-order valence-electron chi connectivity index (χ4n) is 0.690. The summed E-state index contributed by atoms with van der Waals surface area (Å²) in [5.74, 6) is 0.291. The second kappa shape index (κ2) is 4.21. The summed E-state index contributed by atoms with van der Waals surface area (Å²) in [5.41, 5.74) is 0. The van der Waals surface area contributed by atoms with Crippen LogP contribution >= 0.6 is 11.6 Å². The van der Waals surface area contributed by atoms with Gasteiger partial charge in [-0.2, -0.15) is 0 Å². The summed E-state index contributed by atoms with van der Waals surface area (Å²) in [6.45, 7) is -0.434. The zero-order chi connectivity index (χ0) is 8.97. The predicted octanol–water partition coefficient (Wildman–Crippen LogP) is 2.41. The van der Waals surface area contributed by atoms with Gasteiger partial charge in [-0.15, -0.1) is 0 Å². The lowest BCUT2D eigenvalue weighted by molar-refractivity contribution is 0.163. The fourth-order valence-corrected chi connectivity index (χ4v) is 0.878. The van der Waals surface area contributed by atoms with Crippen LogP contribution in [0.15, 0.2) is 18.3 Å². The van der Waals surface area contributed by atoms with Gasteiger partial charge in [0.1, 0.15) is 5.82 Å². The standard InChI is InChI=1S/C7H7ClF2N2/c8-5-2-1-3-11-7(5)12-4-6(9)10/h1-3,6H,4H2,(H,11,12). The molecule has 5 heteroatoms. The molecule has 2 nitrogen and oxygen atoms in total. The Morgan fingerprint density at radius 1 is 1.58 bits per heavy atom. The first kappa shape index (κ1) is 9.19. The Labute approximate surface area is 73.6 Å². The molecule has 0 fully saturated rings. The zero-order valence-corrected chi connectivity index (χ0v) is 6.85. The van der Waals surface area contributed by atoms with Crippen molar-refractivity contribution in [3.8, 4) is 0 Å². The first-order valence-corrected chi connectivity index (χ1v) is 3.70. The van der Waals surface area contributed by atoms with Crippen LogP contribution in [0.3, 0.4) is 0 Å². The lowest BCUT2D eigenvalue weighted by Crippen LogP contribution is -2.11. The number of pyridine rings is 1. The molecule has 0 saturated carbocycles. The van der Waals surface area contributed by atoms with Gasteiger partial charge in [-0.1, -0.05) is 11.6 Å². The maximum Gasteiger partial charge on any atom is 0.255 e. The number of hydrogen-bond donors (Lipinski definition) is 1. The maximum absolute atomic E-state index is 11.7. The van der Waals surface area contributed by atoms with Gasteiger partial charge < -0.3 is 5.32 Å². The third-order valence-electron chi connectivity index (χ3n) is 1.18. The van der Waals surface area contributed by atoms with Gasteiger partial charge in [0.15, 0.2) is 0 Å². The molecule has 0 aromatic carbocycles. The van der Waals surface area contributed by atoms with E-state index in [4.69, 9.17) is 11.6 Å². The summed E-state index contributed by atoms with van der Waals surface area (Å²) < 4.78 is 23.4.